The first kappa shape index (κ1) is 12.6. The van der Waals surface area contributed by atoms with Crippen molar-refractivity contribution < 1.29 is 5.11 Å². The second kappa shape index (κ2) is 4.11. The Labute approximate surface area is 104 Å². The fourth-order valence-corrected chi connectivity index (χ4v) is 2.64. The van der Waals surface area contributed by atoms with E-state index in [1.807, 2.05) is 0 Å². The number of nitrogens with two attached hydrogens (primary N) is 1. The van der Waals surface area contributed by atoms with Crippen LogP contribution in [-0.2, 0) is 10.8 Å². The third-order valence-corrected chi connectivity index (χ3v) is 4.14. The summed E-state index contributed by atoms with van der Waals surface area (Å²) in [5, 5.41) is 9.26. The average molecular weight is 233 g/mol. The highest BCUT2D eigenvalue weighted by atomic mass is 16.3. The molecule has 0 aromatic heterocycles. The molecule has 0 amide bonds. The summed E-state index contributed by atoms with van der Waals surface area (Å²) in [6, 6.07) is 8.76. The van der Waals surface area contributed by atoms with Crippen LogP contribution < -0.4 is 5.73 Å². The molecule has 0 bridgehead atoms. The fraction of sp³-hybridized carbons (Fsp3) is 0.600. The van der Waals surface area contributed by atoms with Crippen molar-refractivity contribution in [2.24, 2.45) is 11.7 Å². The highest BCUT2D eigenvalue weighted by molar-refractivity contribution is 5.38. The summed E-state index contributed by atoms with van der Waals surface area (Å²) in [5.41, 5.74) is 8.74. The lowest BCUT2D eigenvalue weighted by molar-refractivity contribution is 0.264. The molecule has 2 rings (SSSR count). The van der Waals surface area contributed by atoms with E-state index in [0.717, 1.165) is 6.42 Å². The molecule has 1 saturated carbocycles. The Morgan fingerprint density at radius 1 is 1.29 bits per heavy atom. The van der Waals surface area contributed by atoms with E-state index >= 15 is 0 Å². The lowest BCUT2D eigenvalue weighted by Crippen LogP contribution is -2.23. The van der Waals surface area contributed by atoms with Crippen molar-refractivity contribution in [2.45, 2.75) is 38.0 Å². The maximum absolute atomic E-state index is 9.26. The van der Waals surface area contributed by atoms with E-state index in [2.05, 4.69) is 45.0 Å². The number of benzene rings is 1. The standard InChI is InChI=1S/C15H23NO/c1-14(2,3)11-4-6-12(7-5-11)15(10-16)8-13(15)9-17/h4-7,13,17H,8-10,16H2,1-3H3. The summed E-state index contributed by atoms with van der Waals surface area (Å²) in [4.78, 5) is 0. The third kappa shape index (κ3) is 2.12. The van der Waals surface area contributed by atoms with Crippen molar-refractivity contribution in [1.82, 2.24) is 0 Å². The van der Waals surface area contributed by atoms with Gasteiger partial charge in [-0.2, -0.15) is 0 Å². The van der Waals surface area contributed by atoms with Crippen LogP contribution in [0.3, 0.4) is 0 Å². The van der Waals surface area contributed by atoms with E-state index < -0.39 is 0 Å². The van der Waals surface area contributed by atoms with Crippen molar-refractivity contribution in [1.29, 1.82) is 0 Å². The molecule has 3 N–H and O–H groups in total. The van der Waals surface area contributed by atoms with Gasteiger partial charge in [-0.15, -0.1) is 0 Å². The summed E-state index contributed by atoms with van der Waals surface area (Å²) in [7, 11) is 0. The lowest BCUT2D eigenvalue weighted by Gasteiger charge is -2.21. The number of hydrogen-bond acceptors (Lipinski definition) is 2. The molecule has 94 valence electrons. The van der Waals surface area contributed by atoms with Gasteiger partial charge in [0.2, 0.25) is 0 Å². The number of hydrogen-bond donors (Lipinski definition) is 2. The highest BCUT2D eigenvalue weighted by Crippen LogP contribution is 2.53. The van der Waals surface area contributed by atoms with Crippen LogP contribution in [0.4, 0.5) is 0 Å². The molecule has 17 heavy (non-hydrogen) atoms. The zero-order chi connectivity index (χ0) is 12.7. The molecular formula is C15H23NO. The summed E-state index contributed by atoms with van der Waals surface area (Å²) < 4.78 is 0. The predicted molar refractivity (Wildman–Crippen MR) is 71.1 cm³/mol. The molecule has 1 aliphatic rings. The van der Waals surface area contributed by atoms with Crippen LogP contribution in [0.5, 0.6) is 0 Å². The predicted octanol–water partition coefficient (Wildman–Crippen LogP) is 2.19. The average Bonchev–Trinajstić information content (AvgIpc) is 3.03. The maximum atomic E-state index is 9.26. The Kier molecular flexibility index (Phi) is 3.04. The first-order valence-corrected chi connectivity index (χ1v) is 6.36. The molecule has 0 saturated heterocycles. The van der Waals surface area contributed by atoms with Crippen molar-refractivity contribution in [3.63, 3.8) is 0 Å². The topological polar surface area (TPSA) is 46.2 Å². The van der Waals surface area contributed by atoms with Crippen LogP contribution in [-0.4, -0.2) is 18.3 Å². The van der Waals surface area contributed by atoms with E-state index in [1.165, 1.54) is 11.1 Å². The van der Waals surface area contributed by atoms with E-state index in [9.17, 15) is 5.11 Å². The van der Waals surface area contributed by atoms with Crippen LogP contribution in [0.25, 0.3) is 0 Å². The van der Waals surface area contributed by atoms with Gasteiger partial charge in [0, 0.05) is 18.6 Å². The molecule has 2 atom stereocenters. The van der Waals surface area contributed by atoms with E-state index in [1.54, 1.807) is 0 Å². The normalized spacial score (nSPS) is 28.2. The molecule has 2 unspecified atom stereocenters. The zero-order valence-corrected chi connectivity index (χ0v) is 11.0. The van der Waals surface area contributed by atoms with Gasteiger partial charge in [0.1, 0.15) is 0 Å². The summed E-state index contributed by atoms with van der Waals surface area (Å²) in [6.07, 6.45) is 1.02. The van der Waals surface area contributed by atoms with Crippen molar-refractivity contribution in [3.05, 3.63) is 35.4 Å². The van der Waals surface area contributed by atoms with Crippen LogP contribution in [0, 0.1) is 5.92 Å². The second-order valence-corrected chi connectivity index (χ2v) is 6.27. The SMILES string of the molecule is CC(C)(C)c1ccc(C2(CN)CC2CO)cc1. The minimum atomic E-state index is 0.0468. The molecule has 0 heterocycles. The van der Waals surface area contributed by atoms with E-state index in [-0.39, 0.29) is 17.4 Å². The summed E-state index contributed by atoms with van der Waals surface area (Å²) in [5.74, 6) is 0.355. The van der Waals surface area contributed by atoms with Crippen molar-refractivity contribution >= 4 is 0 Å². The van der Waals surface area contributed by atoms with Gasteiger partial charge in [-0.05, 0) is 28.9 Å². The molecular weight excluding hydrogens is 210 g/mol. The zero-order valence-electron chi connectivity index (χ0n) is 11.0. The van der Waals surface area contributed by atoms with Gasteiger partial charge in [-0.1, -0.05) is 45.0 Å². The minimum Gasteiger partial charge on any atom is -0.396 e. The Morgan fingerprint density at radius 3 is 2.24 bits per heavy atom. The van der Waals surface area contributed by atoms with Crippen molar-refractivity contribution in [2.75, 3.05) is 13.2 Å². The monoisotopic (exact) mass is 233 g/mol. The van der Waals surface area contributed by atoms with E-state index in [4.69, 9.17) is 5.73 Å². The van der Waals surface area contributed by atoms with Gasteiger partial charge in [0.15, 0.2) is 0 Å². The molecule has 1 aromatic rings. The summed E-state index contributed by atoms with van der Waals surface area (Å²) >= 11 is 0. The molecule has 2 nitrogen and oxygen atoms in total. The van der Waals surface area contributed by atoms with Gasteiger partial charge < -0.3 is 10.8 Å². The Bertz CT molecular complexity index is 390. The number of rotatable bonds is 3. The molecule has 1 aliphatic carbocycles. The largest absolute Gasteiger partial charge is 0.396 e. The number of aliphatic hydroxyl groups is 1. The Balaban J connectivity index is 2.25. The molecule has 0 aliphatic heterocycles. The molecule has 1 fully saturated rings. The van der Waals surface area contributed by atoms with Crippen LogP contribution >= 0.6 is 0 Å². The van der Waals surface area contributed by atoms with Crippen molar-refractivity contribution in [3.8, 4) is 0 Å². The van der Waals surface area contributed by atoms with Gasteiger partial charge in [0.25, 0.3) is 0 Å². The summed E-state index contributed by atoms with van der Waals surface area (Å²) in [6.45, 7) is 7.53. The number of aliphatic hydroxyl groups excluding tert-OH is 1. The van der Waals surface area contributed by atoms with Crippen LogP contribution in [0.2, 0.25) is 0 Å². The van der Waals surface area contributed by atoms with E-state index in [0.29, 0.717) is 12.5 Å². The lowest BCUT2D eigenvalue weighted by atomic mass is 9.84. The molecule has 2 heteroatoms. The van der Waals surface area contributed by atoms with Gasteiger partial charge in [-0.25, -0.2) is 0 Å². The molecule has 0 spiro atoms. The molecule has 0 radical (unpaired) electrons. The fourth-order valence-electron chi connectivity index (χ4n) is 2.64. The first-order valence-electron chi connectivity index (χ1n) is 6.36. The second-order valence-electron chi connectivity index (χ2n) is 6.27. The third-order valence-electron chi connectivity index (χ3n) is 4.14. The van der Waals surface area contributed by atoms with Gasteiger partial charge in [0.05, 0.1) is 0 Å². The first-order chi connectivity index (χ1) is 7.94. The minimum absolute atomic E-state index is 0.0468. The van der Waals surface area contributed by atoms with Gasteiger partial charge >= 0.3 is 0 Å². The highest BCUT2D eigenvalue weighted by Gasteiger charge is 2.53. The Morgan fingerprint density at radius 2 is 1.88 bits per heavy atom. The molecule has 1 aromatic carbocycles. The van der Waals surface area contributed by atoms with Crippen LogP contribution in [0.1, 0.15) is 38.3 Å². The quantitative estimate of drug-likeness (QED) is 0.840. The Hall–Kier alpha value is -0.860. The van der Waals surface area contributed by atoms with Gasteiger partial charge in [-0.3, -0.25) is 0 Å². The maximum Gasteiger partial charge on any atom is 0.0468 e. The smallest absolute Gasteiger partial charge is 0.0468 e. The van der Waals surface area contributed by atoms with Crippen LogP contribution in [0.15, 0.2) is 24.3 Å².